The highest BCUT2D eigenvalue weighted by Crippen LogP contribution is 2.20. The van der Waals surface area contributed by atoms with Crippen molar-refractivity contribution in [3.63, 3.8) is 0 Å². The first-order valence-electron chi connectivity index (χ1n) is 5.88. The Balaban J connectivity index is 2.60. The zero-order chi connectivity index (χ0) is 11.5. The number of nitrogens with zero attached hydrogens (tertiary/aromatic N) is 3. The Labute approximate surface area is 95.5 Å². The molecule has 0 aliphatic rings. The Morgan fingerprint density at radius 2 is 2.00 bits per heavy atom. The van der Waals surface area contributed by atoms with Crippen molar-refractivity contribution in [3.05, 3.63) is 23.5 Å². The minimum absolute atomic E-state index is 0.750. The van der Waals surface area contributed by atoms with Gasteiger partial charge in [0.1, 0.15) is 5.82 Å². The number of nitrogen functional groups attached to an aromatic ring is 1. The lowest BCUT2D eigenvalue weighted by Crippen LogP contribution is -2.09. The maximum atomic E-state index is 6.14. The summed E-state index contributed by atoms with van der Waals surface area (Å²) in [5.74, 6) is 0.750. The van der Waals surface area contributed by atoms with Gasteiger partial charge in [-0.2, -0.15) is 9.61 Å². The molecular formula is C12H18N4. The van der Waals surface area contributed by atoms with Crippen LogP contribution in [0.2, 0.25) is 0 Å². The largest absolute Gasteiger partial charge is 0.383 e. The fourth-order valence-corrected chi connectivity index (χ4v) is 2.01. The van der Waals surface area contributed by atoms with Crippen LogP contribution >= 0.6 is 0 Å². The molecule has 2 N–H and O–H groups in total. The van der Waals surface area contributed by atoms with Crippen molar-refractivity contribution in [2.45, 2.75) is 39.5 Å². The second-order valence-corrected chi connectivity index (χ2v) is 4.02. The summed E-state index contributed by atoms with van der Waals surface area (Å²) in [5.41, 5.74) is 9.29. The van der Waals surface area contributed by atoms with Gasteiger partial charge in [0.05, 0.1) is 6.20 Å². The van der Waals surface area contributed by atoms with E-state index in [4.69, 9.17) is 5.73 Å². The van der Waals surface area contributed by atoms with E-state index in [1.54, 1.807) is 10.7 Å². The van der Waals surface area contributed by atoms with Crippen molar-refractivity contribution in [1.29, 1.82) is 0 Å². The van der Waals surface area contributed by atoms with Crippen molar-refractivity contribution in [2.24, 2.45) is 0 Å². The molecule has 0 aliphatic carbocycles. The molecule has 86 valence electrons. The zero-order valence-electron chi connectivity index (χ0n) is 9.90. The van der Waals surface area contributed by atoms with Crippen molar-refractivity contribution in [1.82, 2.24) is 14.6 Å². The Morgan fingerprint density at radius 1 is 1.25 bits per heavy atom. The summed E-state index contributed by atoms with van der Waals surface area (Å²) in [5, 5.41) is 4.19. The molecule has 0 bridgehead atoms. The Morgan fingerprint density at radius 3 is 2.69 bits per heavy atom. The molecule has 2 heterocycles. The quantitative estimate of drug-likeness (QED) is 0.856. The third kappa shape index (κ3) is 1.75. The monoisotopic (exact) mass is 218 g/mol. The number of hydrogen-bond acceptors (Lipinski definition) is 3. The van der Waals surface area contributed by atoms with Gasteiger partial charge in [-0.1, -0.05) is 26.7 Å². The smallest absolute Gasteiger partial charge is 0.157 e. The lowest BCUT2D eigenvalue weighted by Gasteiger charge is -2.11. The summed E-state index contributed by atoms with van der Waals surface area (Å²) in [6, 6.07) is 1.89. The number of fused-ring (bicyclic) bond motifs is 1. The van der Waals surface area contributed by atoms with Gasteiger partial charge in [-0.05, 0) is 12.8 Å². The lowest BCUT2D eigenvalue weighted by molar-refractivity contribution is 0.807. The second kappa shape index (κ2) is 4.51. The third-order valence-electron chi connectivity index (χ3n) is 2.74. The number of nitrogens with two attached hydrogens (primary N) is 1. The normalized spacial score (nSPS) is 11.1. The molecule has 2 rings (SSSR count). The Hall–Kier alpha value is -1.58. The standard InChI is InChI=1S/C12H18N4/c1-3-5-9-10(6-4-2)15-11-7-8-14-16(11)12(9)13/h7-8H,3-6,13H2,1-2H3. The highest BCUT2D eigenvalue weighted by atomic mass is 15.3. The minimum Gasteiger partial charge on any atom is -0.383 e. The molecule has 0 aliphatic heterocycles. The molecular weight excluding hydrogens is 200 g/mol. The van der Waals surface area contributed by atoms with Crippen molar-refractivity contribution < 1.29 is 0 Å². The van der Waals surface area contributed by atoms with Crippen LogP contribution in [0.4, 0.5) is 5.82 Å². The first kappa shape index (κ1) is 10.9. The van der Waals surface area contributed by atoms with Crippen LogP contribution in [0.15, 0.2) is 12.3 Å². The summed E-state index contributed by atoms with van der Waals surface area (Å²) in [6.45, 7) is 4.32. The van der Waals surface area contributed by atoms with Gasteiger partial charge in [-0.15, -0.1) is 0 Å². The molecule has 2 aromatic heterocycles. The van der Waals surface area contributed by atoms with E-state index in [-0.39, 0.29) is 0 Å². The van der Waals surface area contributed by atoms with Crippen LogP contribution in [0, 0.1) is 0 Å². The molecule has 0 fully saturated rings. The van der Waals surface area contributed by atoms with Gasteiger partial charge in [-0.25, -0.2) is 4.98 Å². The molecule has 0 spiro atoms. The molecule has 0 radical (unpaired) electrons. The molecule has 0 saturated heterocycles. The summed E-state index contributed by atoms with van der Waals surface area (Å²) >= 11 is 0. The number of hydrogen-bond donors (Lipinski definition) is 1. The second-order valence-electron chi connectivity index (χ2n) is 4.02. The van der Waals surface area contributed by atoms with Crippen LogP contribution in [0.5, 0.6) is 0 Å². The number of aryl methyl sites for hydroxylation is 1. The molecule has 0 saturated carbocycles. The molecule has 16 heavy (non-hydrogen) atoms. The van der Waals surface area contributed by atoms with Gasteiger partial charge in [0.2, 0.25) is 0 Å². The molecule has 2 aromatic rings. The fourth-order valence-electron chi connectivity index (χ4n) is 2.01. The first-order chi connectivity index (χ1) is 7.77. The maximum absolute atomic E-state index is 6.14. The highest BCUT2D eigenvalue weighted by molar-refractivity contribution is 5.52. The van der Waals surface area contributed by atoms with Crippen LogP contribution in [-0.4, -0.2) is 14.6 Å². The Bertz CT molecular complexity index is 487. The Kier molecular flexibility index (Phi) is 3.08. The minimum atomic E-state index is 0.750. The van der Waals surface area contributed by atoms with Crippen molar-refractivity contribution >= 4 is 11.5 Å². The lowest BCUT2D eigenvalue weighted by atomic mass is 10.1. The zero-order valence-corrected chi connectivity index (χ0v) is 9.90. The van der Waals surface area contributed by atoms with Crippen LogP contribution in [0.1, 0.15) is 37.9 Å². The molecule has 4 heteroatoms. The topological polar surface area (TPSA) is 56.2 Å². The van der Waals surface area contributed by atoms with Crippen LogP contribution in [0.25, 0.3) is 5.65 Å². The van der Waals surface area contributed by atoms with E-state index < -0.39 is 0 Å². The molecule has 0 amide bonds. The molecule has 0 aromatic carbocycles. The van der Waals surface area contributed by atoms with Crippen LogP contribution in [-0.2, 0) is 12.8 Å². The van der Waals surface area contributed by atoms with Gasteiger partial charge in [0.15, 0.2) is 5.65 Å². The van der Waals surface area contributed by atoms with Gasteiger partial charge < -0.3 is 5.73 Å². The number of rotatable bonds is 4. The predicted octanol–water partition coefficient (Wildman–Crippen LogP) is 2.22. The predicted molar refractivity (Wildman–Crippen MR) is 65.4 cm³/mol. The average Bonchev–Trinajstić information content (AvgIpc) is 2.72. The molecule has 0 atom stereocenters. The van der Waals surface area contributed by atoms with E-state index in [2.05, 4.69) is 23.9 Å². The van der Waals surface area contributed by atoms with Gasteiger partial charge in [0, 0.05) is 17.3 Å². The number of aromatic nitrogens is 3. The van der Waals surface area contributed by atoms with E-state index in [9.17, 15) is 0 Å². The maximum Gasteiger partial charge on any atom is 0.157 e. The summed E-state index contributed by atoms with van der Waals surface area (Å²) in [6.07, 6.45) is 5.87. The van der Waals surface area contributed by atoms with Crippen molar-refractivity contribution in [2.75, 3.05) is 5.73 Å². The fraction of sp³-hybridized carbons (Fsp3) is 0.500. The van der Waals surface area contributed by atoms with E-state index in [0.29, 0.717) is 0 Å². The summed E-state index contributed by atoms with van der Waals surface area (Å²) in [7, 11) is 0. The van der Waals surface area contributed by atoms with E-state index in [0.717, 1.165) is 42.8 Å². The molecule has 0 unspecified atom stereocenters. The third-order valence-corrected chi connectivity index (χ3v) is 2.74. The average molecular weight is 218 g/mol. The van der Waals surface area contributed by atoms with E-state index >= 15 is 0 Å². The summed E-state index contributed by atoms with van der Waals surface area (Å²) in [4.78, 5) is 4.62. The van der Waals surface area contributed by atoms with Crippen LogP contribution < -0.4 is 5.73 Å². The van der Waals surface area contributed by atoms with Gasteiger partial charge in [-0.3, -0.25) is 0 Å². The molecule has 4 nitrogen and oxygen atoms in total. The summed E-state index contributed by atoms with van der Waals surface area (Å²) < 4.78 is 1.73. The van der Waals surface area contributed by atoms with E-state index in [1.807, 2.05) is 6.07 Å². The van der Waals surface area contributed by atoms with E-state index in [1.165, 1.54) is 5.56 Å². The highest BCUT2D eigenvalue weighted by Gasteiger charge is 2.11. The SMILES string of the molecule is CCCc1nc2ccnn2c(N)c1CCC. The van der Waals surface area contributed by atoms with Gasteiger partial charge in [0.25, 0.3) is 0 Å². The first-order valence-corrected chi connectivity index (χ1v) is 5.88. The van der Waals surface area contributed by atoms with Gasteiger partial charge >= 0.3 is 0 Å². The van der Waals surface area contributed by atoms with Crippen LogP contribution in [0.3, 0.4) is 0 Å². The van der Waals surface area contributed by atoms with Crippen molar-refractivity contribution in [3.8, 4) is 0 Å². The number of anilines is 1.